The fraction of sp³-hybridized carbons (Fsp3) is 0.571. The Morgan fingerprint density at radius 2 is 1.92 bits per heavy atom. The van der Waals surface area contributed by atoms with Crippen LogP contribution < -0.4 is 10.6 Å². The summed E-state index contributed by atoms with van der Waals surface area (Å²) >= 11 is 4.92. The molecule has 0 aromatic carbocycles. The zero-order valence-corrected chi connectivity index (χ0v) is 13.8. The van der Waals surface area contributed by atoms with E-state index in [0.717, 1.165) is 14.2 Å². The predicted molar refractivity (Wildman–Crippen MR) is 81.0 cm³/mol. The lowest BCUT2D eigenvalue weighted by Crippen LogP contribution is -2.78. The third-order valence-electron chi connectivity index (χ3n) is 4.52. The number of carbonyl (C=O) groups is 4. The van der Waals surface area contributed by atoms with Crippen LogP contribution in [0, 0.1) is 22.7 Å². The Labute approximate surface area is 142 Å². The van der Waals surface area contributed by atoms with Crippen LogP contribution in [0.25, 0.3) is 0 Å². The highest BCUT2D eigenvalue weighted by molar-refractivity contribution is 7.80. The normalized spacial score (nSPS) is 32.4. The van der Waals surface area contributed by atoms with E-state index in [-0.39, 0.29) is 18.0 Å². The zero-order chi connectivity index (χ0) is 18.1. The van der Waals surface area contributed by atoms with Gasteiger partial charge in [-0.05, 0) is 25.1 Å². The lowest BCUT2D eigenvalue weighted by atomic mass is 9.60. The fourth-order valence-corrected chi connectivity index (χ4v) is 3.77. The summed E-state index contributed by atoms with van der Waals surface area (Å²) in [6.07, 6.45) is 0.220. The summed E-state index contributed by atoms with van der Waals surface area (Å²) in [6, 6.07) is 1.69. The van der Waals surface area contributed by atoms with E-state index in [1.165, 1.54) is 0 Å². The van der Waals surface area contributed by atoms with Crippen molar-refractivity contribution in [3.63, 3.8) is 0 Å². The van der Waals surface area contributed by atoms with Crippen LogP contribution in [-0.2, 0) is 28.7 Å². The largest absolute Gasteiger partial charge is 0.468 e. The maximum atomic E-state index is 12.7. The number of amides is 1. The number of nitrogens with zero attached hydrogens (tertiary/aromatic N) is 1. The van der Waals surface area contributed by atoms with Crippen molar-refractivity contribution in [3.05, 3.63) is 0 Å². The number of carbonyl (C=O) groups excluding carboxylic acids is 4. The standard InChI is InChI=1S/C14H15N3O6S/c1-22-10(20)13(5-3-4-8(13)18)14(11(21)23-2)7(6-15)9(19)16-12(24)17-14/h7H,3-5H2,1-2H3,(H2,16,17,19,24)/t7-,13+,14+/m1/s1. The zero-order valence-electron chi connectivity index (χ0n) is 13.0. The van der Waals surface area contributed by atoms with Gasteiger partial charge < -0.3 is 20.1 Å². The fourth-order valence-electron chi connectivity index (χ4n) is 3.51. The van der Waals surface area contributed by atoms with Gasteiger partial charge in [-0.2, -0.15) is 5.26 Å². The van der Waals surface area contributed by atoms with Gasteiger partial charge in [0.15, 0.2) is 27.8 Å². The Hall–Kier alpha value is -2.54. The second kappa shape index (κ2) is 6.16. The molecule has 0 aromatic rings. The third kappa shape index (κ3) is 2.08. The van der Waals surface area contributed by atoms with Crippen LogP contribution in [0.3, 0.4) is 0 Å². The highest BCUT2D eigenvalue weighted by atomic mass is 32.1. The van der Waals surface area contributed by atoms with Gasteiger partial charge in [-0.15, -0.1) is 0 Å². The average molecular weight is 353 g/mol. The summed E-state index contributed by atoms with van der Waals surface area (Å²) in [7, 11) is 2.09. The molecule has 2 rings (SSSR count). The van der Waals surface area contributed by atoms with Gasteiger partial charge in [0, 0.05) is 6.42 Å². The van der Waals surface area contributed by atoms with Crippen LogP contribution in [0.2, 0.25) is 0 Å². The van der Waals surface area contributed by atoms with Crippen molar-refractivity contribution >= 4 is 41.0 Å². The Bertz CT molecular complexity index is 686. The second-order valence-electron chi connectivity index (χ2n) is 5.48. The number of hydrogen-bond acceptors (Lipinski definition) is 8. The number of Topliss-reactive ketones (excluding diaryl/α,β-unsaturated/α-hetero) is 1. The summed E-state index contributed by atoms with van der Waals surface area (Å²) < 4.78 is 9.50. The highest BCUT2D eigenvalue weighted by Crippen LogP contribution is 2.49. The van der Waals surface area contributed by atoms with E-state index in [9.17, 15) is 24.4 Å². The summed E-state index contributed by atoms with van der Waals surface area (Å²) in [6.45, 7) is 0. The molecule has 128 valence electrons. The first kappa shape index (κ1) is 17.8. The van der Waals surface area contributed by atoms with E-state index >= 15 is 0 Å². The molecule has 1 heterocycles. The first-order chi connectivity index (χ1) is 11.3. The molecule has 2 fully saturated rings. The van der Waals surface area contributed by atoms with Gasteiger partial charge in [-0.1, -0.05) is 0 Å². The SMILES string of the molecule is COC(=O)[C@]1([C@]2(C(=O)OC)NC(=S)NC(=O)[C@H]2C#N)CCCC1=O. The van der Waals surface area contributed by atoms with E-state index in [2.05, 4.69) is 10.6 Å². The number of thiocarbonyl (C=S) groups is 1. The number of hydrogen-bond donors (Lipinski definition) is 2. The van der Waals surface area contributed by atoms with Gasteiger partial charge in [0.2, 0.25) is 5.91 Å². The molecule has 2 N–H and O–H groups in total. The monoisotopic (exact) mass is 353 g/mol. The first-order valence-electron chi connectivity index (χ1n) is 7.04. The van der Waals surface area contributed by atoms with Gasteiger partial charge in [0.1, 0.15) is 0 Å². The van der Waals surface area contributed by atoms with Crippen molar-refractivity contribution in [3.8, 4) is 6.07 Å². The van der Waals surface area contributed by atoms with Gasteiger partial charge in [-0.3, -0.25) is 14.4 Å². The topological polar surface area (TPSA) is 135 Å². The van der Waals surface area contributed by atoms with Gasteiger partial charge in [0.05, 0.1) is 20.3 Å². The number of rotatable bonds is 3. The minimum absolute atomic E-state index is 0.00204. The lowest BCUT2D eigenvalue weighted by Gasteiger charge is -2.47. The van der Waals surface area contributed by atoms with Crippen molar-refractivity contribution in [2.24, 2.45) is 11.3 Å². The van der Waals surface area contributed by atoms with Gasteiger partial charge in [0.25, 0.3) is 0 Å². The molecule has 1 aliphatic heterocycles. The van der Waals surface area contributed by atoms with Crippen molar-refractivity contribution in [2.75, 3.05) is 14.2 Å². The molecule has 10 heteroatoms. The quantitative estimate of drug-likeness (QED) is 0.370. The molecule has 0 spiro atoms. The van der Waals surface area contributed by atoms with Crippen LogP contribution in [0.4, 0.5) is 0 Å². The van der Waals surface area contributed by atoms with Crippen LogP contribution >= 0.6 is 12.2 Å². The summed E-state index contributed by atoms with van der Waals surface area (Å²) in [4.78, 5) is 50.2. The van der Waals surface area contributed by atoms with E-state index in [1.54, 1.807) is 6.07 Å². The van der Waals surface area contributed by atoms with Crippen molar-refractivity contribution in [1.82, 2.24) is 10.6 Å². The Morgan fingerprint density at radius 3 is 2.38 bits per heavy atom. The molecule has 1 saturated carbocycles. The number of ether oxygens (including phenoxy) is 2. The molecular weight excluding hydrogens is 338 g/mol. The summed E-state index contributed by atoms with van der Waals surface area (Å²) in [5.41, 5.74) is -4.35. The van der Waals surface area contributed by atoms with Gasteiger partial charge in [-0.25, -0.2) is 4.79 Å². The van der Waals surface area contributed by atoms with E-state index in [0.29, 0.717) is 6.42 Å². The number of nitriles is 1. The molecule has 9 nitrogen and oxygen atoms in total. The van der Waals surface area contributed by atoms with E-state index in [1.807, 2.05) is 0 Å². The maximum Gasteiger partial charge on any atom is 0.335 e. The van der Waals surface area contributed by atoms with Crippen LogP contribution in [0.1, 0.15) is 19.3 Å². The first-order valence-corrected chi connectivity index (χ1v) is 7.45. The Balaban J connectivity index is 2.84. The highest BCUT2D eigenvalue weighted by Gasteiger charge is 2.74. The third-order valence-corrected chi connectivity index (χ3v) is 4.72. The molecule has 1 saturated heterocycles. The molecule has 1 aliphatic carbocycles. The molecular formula is C14H15N3O6S. The van der Waals surface area contributed by atoms with Crippen LogP contribution in [0.5, 0.6) is 0 Å². The number of esters is 2. The number of nitrogens with one attached hydrogen (secondary N) is 2. The van der Waals surface area contributed by atoms with Crippen LogP contribution in [-0.4, -0.2) is 48.5 Å². The van der Waals surface area contributed by atoms with E-state index in [4.69, 9.17) is 21.7 Å². The predicted octanol–water partition coefficient (Wildman–Crippen LogP) is -1.05. The van der Waals surface area contributed by atoms with Crippen molar-refractivity contribution < 1.29 is 28.7 Å². The smallest absolute Gasteiger partial charge is 0.335 e. The average Bonchev–Trinajstić information content (AvgIpc) is 2.95. The van der Waals surface area contributed by atoms with Crippen molar-refractivity contribution in [2.45, 2.75) is 24.8 Å². The number of ketones is 1. The Morgan fingerprint density at radius 1 is 1.29 bits per heavy atom. The molecule has 0 radical (unpaired) electrons. The minimum Gasteiger partial charge on any atom is -0.468 e. The number of methoxy groups -OCH3 is 2. The molecule has 0 bridgehead atoms. The van der Waals surface area contributed by atoms with Crippen LogP contribution in [0.15, 0.2) is 0 Å². The van der Waals surface area contributed by atoms with E-state index < -0.39 is 40.5 Å². The molecule has 3 atom stereocenters. The van der Waals surface area contributed by atoms with Crippen molar-refractivity contribution in [1.29, 1.82) is 5.26 Å². The second-order valence-corrected chi connectivity index (χ2v) is 5.89. The maximum absolute atomic E-state index is 12.7. The summed E-state index contributed by atoms with van der Waals surface area (Å²) in [5.74, 6) is -5.33. The molecule has 1 amide bonds. The van der Waals surface area contributed by atoms with Gasteiger partial charge >= 0.3 is 11.9 Å². The molecule has 0 unspecified atom stereocenters. The Kier molecular flexibility index (Phi) is 4.57. The minimum atomic E-state index is -2.28. The summed E-state index contributed by atoms with van der Waals surface area (Å²) in [5, 5.41) is 13.9. The molecule has 0 aromatic heterocycles. The molecule has 2 aliphatic rings. The molecule has 24 heavy (non-hydrogen) atoms. The lowest BCUT2D eigenvalue weighted by molar-refractivity contribution is -0.177.